The lowest BCUT2D eigenvalue weighted by Gasteiger charge is -2.37. The Kier molecular flexibility index (Phi) is 4.11. The maximum absolute atomic E-state index is 3.79. The topological polar surface area (TPSA) is 12.0 Å². The first-order valence-electron chi connectivity index (χ1n) is 7.35. The smallest absolute Gasteiger partial charge is 0.0184 e. The molecule has 1 heteroatoms. The van der Waals surface area contributed by atoms with E-state index in [0.29, 0.717) is 17.4 Å². The highest BCUT2D eigenvalue weighted by Crippen LogP contribution is 2.40. The van der Waals surface area contributed by atoms with Gasteiger partial charge in [-0.05, 0) is 42.3 Å². The Balaban J connectivity index is 2.22. The molecule has 0 radical (unpaired) electrons. The van der Waals surface area contributed by atoms with E-state index in [4.69, 9.17) is 0 Å². The van der Waals surface area contributed by atoms with Gasteiger partial charge in [-0.15, -0.1) is 0 Å². The van der Waals surface area contributed by atoms with Crippen molar-refractivity contribution >= 4 is 0 Å². The molecule has 1 aliphatic rings. The molecule has 100 valence electrons. The van der Waals surface area contributed by atoms with Crippen molar-refractivity contribution in [3.8, 4) is 0 Å². The van der Waals surface area contributed by atoms with E-state index in [2.05, 4.69) is 57.3 Å². The Labute approximate surface area is 112 Å². The Morgan fingerprint density at radius 3 is 2.67 bits per heavy atom. The molecule has 1 aromatic rings. The van der Waals surface area contributed by atoms with Crippen LogP contribution in [-0.4, -0.2) is 12.6 Å². The predicted octanol–water partition coefficient (Wildman–Crippen LogP) is 4.13. The van der Waals surface area contributed by atoms with E-state index in [0.717, 1.165) is 6.54 Å². The summed E-state index contributed by atoms with van der Waals surface area (Å²) in [5, 5.41) is 3.79. The number of aryl methyl sites for hydroxylation is 1. The molecule has 1 N–H and O–H groups in total. The molecule has 0 amide bonds. The average Bonchev–Trinajstić information content (AvgIpc) is 2.72. The molecule has 1 aliphatic carbocycles. The maximum Gasteiger partial charge on any atom is 0.0184 e. The van der Waals surface area contributed by atoms with Crippen molar-refractivity contribution in [3.05, 3.63) is 35.4 Å². The van der Waals surface area contributed by atoms with Gasteiger partial charge in [0, 0.05) is 12.0 Å². The van der Waals surface area contributed by atoms with Crippen LogP contribution in [0.25, 0.3) is 0 Å². The molecular formula is C17H27N. The fraction of sp³-hybridized carbons (Fsp3) is 0.647. The number of fused-ring (bicyclic) bond motifs is 1. The molecule has 0 aliphatic heterocycles. The quantitative estimate of drug-likeness (QED) is 0.841. The van der Waals surface area contributed by atoms with E-state index < -0.39 is 0 Å². The third kappa shape index (κ3) is 2.77. The SMILES string of the molecule is CCCNC(C1CCc2ccccc21)C(C)(C)C. The summed E-state index contributed by atoms with van der Waals surface area (Å²) in [6.07, 6.45) is 3.76. The van der Waals surface area contributed by atoms with Gasteiger partial charge >= 0.3 is 0 Å². The molecule has 0 heterocycles. The van der Waals surface area contributed by atoms with E-state index in [1.165, 1.54) is 19.3 Å². The van der Waals surface area contributed by atoms with Crippen molar-refractivity contribution in [1.29, 1.82) is 0 Å². The van der Waals surface area contributed by atoms with Gasteiger partial charge in [0.2, 0.25) is 0 Å². The molecule has 0 spiro atoms. The summed E-state index contributed by atoms with van der Waals surface area (Å²) in [6, 6.07) is 9.58. The van der Waals surface area contributed by atoms with Gasteiger partial charge in [-0.1, -0.05) is 52.0 Å². The van der Waals surface area contributed by atoms with Gasteiger partial charge in [0.1, 0.15) is 0 Å². The van der Waals surface area contributed by atoms with Crippen LogP contribution in [0.15, 0.2) is 24.3 Å². The van der Waals surface area contributed by atoms with Gasteiger partial charge < -0.3 is 5.32 Å². The van der Waals surface area contributed by atoms with E-state index in [1.807, 2.05) is 0 Å². The number of hydrogen-bond donors (Lipinski definition) is 1. The first-order valence-corrected chi connectivity index (χ1v) is 7.35. The van der Waals surface area contributed by atoms with E-state index in [9.17, 15) is 0 Å². The molecule has 1 aromatic carbocycles. The molecule has 0 bridgehead atoms. The number of rotatable bonds is 4. The van der Waals surface area contributed by atoms with Crippen LogP contribution in [0, 0.1) is 5.41 Å². The summed E-state index contributed by atoms with van der Waals surface area (Å²) in [4.78, 5) is 0. The van der Waals surface area contributed by atoms with Crippen molar-refractivity contribution in [1.82, 2.24) is 5.32 Å². The summed E-state index contributed by atoms with van der Waals surface area (Å²) in [6.45, 7) is 10.5. The zero-order valence-corrected chi connectivity index (χ0v) is 12.3. The molecule has 0 aromatic heterocycles. The molecule has 2 rings (SSSR count). The Morgan fingerprint density at radius 2 is 2.00 bits per heavy atom. The Morgan fingerprint density at radius 1 is 1.28 bits per heavy atom. The predicted molar refractivity (Wildman–Crippen MR) is 79.0 cm³/mol. The van der Waals surface area contributed by atoms with Gasteiger partial charge in [0.05, 0.1) is 0 Å². The van der Waals surface area contributed by atoms with Crippen LogP contribution in [0.1, 0.15) is 57.6 Å². The zero-order chi connectivity index (χ0) is 13.2. The summed E-state index contributed by atoms with van der Waals surface area (Å²) in [5.74, 6) is 0.688. The summed E-state index contributed by atoms with van der Waals surface area (Å²) >= 11 is 0. The number of benzene rings is 1. The van der Waals surface area contributed by atoms with Crippen molar-refractivity contribution in [3.63, 3.8) is 0 Å². The minimum atomic E-state index is 0.317. The second kappa shape index (κ2) is 5.44. The van der Waals surface area contributed by atoms with Crippen molar-refractivity contribution in [2.75, 3.05) is 6.54 Å². The van der Waals surface area contributed by atoms with Crippen LogP contribution in [0.2, 0.25) is 0 Å². The number of nitrogens with one attached hydrogen (secondary N) is 1. The van der Waals surface area contributed by atoms with Crippen LogP contribution in [0.3, 0.4) is 0 Å². The summed E-state index contributed by atoms with van der Waals surface area (Å²) < 4.78 is 0. The molecule has 2 atom stereocenters. The van der Waals surface area contributed by atoms with Crippen molar-refractivity contribution < 1.29 is 0 Å². The molecule has 18 heavy (non-hydrogen) atoms. The number of hydrogen-bond acceptors (Lipinski definition) is 1. The van der Waals surface area contributed by atoms with Gasteiger partial charge in [0.15, 0.2) is 0 Å². The summed E-state index contributed by atoms with van der Waals surface area (Å²) in [5.41, 5.74) is 3.47. The van der Waals surface area contributed by atoms with Crippen LogP contribution < -0.4 is 5.32 Å². The highest BCUT2D eigenvalue weighted by atomic mass is 14.9. The van der Waals surface area contributed by atoms with Crippen LogP contribution >= 0.6 is 0 Å². The van der Waals surface area contributed by atoms with Crippen LogP contribution in [-0.2, 0) is 6.42 Å². The van der Waals surface area contributed by atoms with Gasteiger partial charge in [0.25, 0.3) is 0 Å². The largest absolute Gasteiger partial charge is 0.313 e. The van der Waals surface area contributed by atoms with Crippen LogP contribution in [0.4, 0.5) is 0 Å². The third-order valence-corrected chi connectivity index (χ3v) is 4.13. The molecule has 0 saturated carbocycles. The second-order valence-electron chi connectivity index (χ2n) is 6.64. The third-order valence-electron chi connectivity index (χ3n) is 4.13. The second-order valence-corrected chi connectivity index (χ2v) is 6.64. The lowest BCUT2D eigenvalue weighted by atomic mass is 9.76. The fourth-order valence-corrected chi connectivity index (χ4v) is 3.29. The molecule has 2 unspecified atom stereocenters. The standard InChI is InChI=1S/C17H27N/c1-5-12-18-16(17(2,3)4)15-11-10-13-8-6-7-9-14(13)15/h6-9,15-16,18H,5,10-12H2,1-4H3. The average molecular weight is 245 g/mol. The minimum Gasteiger partial charge on any atom is -0.313 e. The molecule has 0 fully saturated rings. The van der Waals surface area contributed by atoms with E-state index >= 15 is 0 Å². The van der Waals surface area contributed by atoms with E-state index in [-0.39, 0.29) is 0 Å². The summed E-state index contributed by atoms with van der Waals surface area (Å²) in [7, 11) is 0. The highest BCUT2D eigenvalue weighted by Gasteiger charge is 2.35. The lowest BCUT2D eigenvalue weighted by molar-refractivity contribution is 0.230. The normalized spacial score (nSPS) is 20.8. The molecule has 0 saturated heterocycles. The van der Waals surface area contributed by atoms with Gasteiger partial charge in [-0.25, -0.2) is 0 Å². The van der Waals surface area contributed by atoms with Crippen molar-refractivity contribution in [2.45, 2.75) is 58.9 Å². The molecular weight excluding hydrogens is 218 g/mol. The zero-order valence-electron chi connectivity index (χ0n) is 12.3. The van der Waals surface area contributed by atoms with Crippen molar-refractivity contribution in [2.24, 2.45) is 5.41 Å². The van der Waals surface area contributed by atoms with Crippen LogP contribution in [0.5, 0.6) is 0 Å². The Bertz CT molecular complexity index is 389. The Hall–Kier alpha value is -0.820. The lowest BCUT2D eigenvalue weighted by Crippen LogP contribution is -2.44. The highest BCUT2D eigenvalue weighted by molar-refractivity contribution is 5.36. The first kappa shape index (κ1) is 13.6. The van der Waals surface area contributed by atoms with Gasteiger partial charge in [-0.3, -0.25) is 0 Å². The maximum atomic E-state index is 3.79. The molecule has 1 nitrogen and oxygen atoms in total. The first-order chi connectivity index (χ1) is 8.54. The fourth-order valence-electron chi connectivity index (χ4n) is 3.29. The van der Waals surface area contributed by atoms with E-state index in [1.54, 1.807) is 11.1 Å². The minimum absolute atomic E-state index is 0.317. The van der Waals surface area contributed by atoms with Gasteiger partial charge in [-0.2, -0.15) is 0 Å². The monoisotopic (exact) mass is 245 g/mol.